The molecule has 1 aliphatic rings. The largest absolute Gasteiger partial charge is 0.479 e. The van der Waals surface area contributed by atoms with Gasteiger partial charge in [-0.3, -0.25) is 4.79 Å². The summed E-state index contributed by atoms with van der Waals surface area (Å²) in [7, 11) is 0. The van der Waals surface area contributed by atoms with Crippen molar-refractivity contribution in [3.05, 3.63) is 17.9 Å². The van der Waals surface area contributed by atoms with E-state index in [1.54, 1.807) is 12.1 Å². The second kappa shape index (κ2) is 5.26. The fraction of sp³-hybridized carbons (Fsp3) is 0.500. The average molecular weight is 285 g/mol. The van der Waals surface area contributed by atoms with E-state index in [4.69, 9.17) is 9.52 Å². The van der Waals surface area contributed by atoms with E-state index in [9.17, 15) is 14.7 Å². The number of carbonyl (C=O) groups excluding carboxylic acids is 1. The number of hydrogen-bond acceptors (Lipinski definition) is 5. The highest BCUT2D eigenvalue weighted by Crippen LogP contribution is 2.25. The zero-order chi connectivity index (χ0) is 14.0. The van der Waals surface area contributed by atoms with Crippen LogP contribution in [0.1, 0.15) is 23.4 Å². The molecule has 0 aromatic carbocycles. The molecule has 7 heteroatoms. The molecule has 1 aromatic rings. The monoisotopic (exact) mass is 285 g/mol. The van der Waals surface area contributed by atoms with Gasteiger partial charge in [-0.05, 0) is 18.4 Å². The summed E-state index contributed by atoms with van der Waals surface area (Å²) >= 11 is 1.40. The van der Waals surface area contributed by atoms with Crippen LogP contribution in [-0.2, 0) is 4.79 Å². The standard InChI is InChI=1S/C12H15NO5S/c1-19-9-3-2-8(18-9)10(14)13-6-4-12(17,5-7-13)11(15)16/h2-3,17H,4-7H2,1H3,(H,15,16). The molecular formula is C12H15NO5S. The van der Waals surface area contributed by atoms with Crippen molar-refractivity contribution in [1.82, 2.24) is 4.90 Å². The number of nitrogens with zero attached hydrogens (tertiary/aromatic N) is 1. The first-order valence-electron chi connectivity index (χ1n) is 5.85. The quantitative estimate of drug-likeness (QED) is 0.807. The fourth-order valence-corrected chi connectivity index (χ4v) is 2.37. The van der Waals surface area contributed by atoms with Gasteiger partial charge in [0.05, 0.1) is 0 Å². The number of aliphatic carboxylic acids is 1. The van der Waals surface area contributed by atoms with Gasteiger partial charge in [-0.15, -0.1) is 0 Å². The summed E-state index contributed by atoms with van der Waals surface area (Å²) in [5.74, 6) is -1.26. The SMILES string of the molecule is CSc1ccc(C(=O)N2CCC(O)(C(=O)O)CC2)o1. The van der Waals surface area contributed by atoms with Crippen molar-refractivity contribution in [1.29, 1.82) is 0 Å². The number of amides is 1. The minimum Gasteiger partial charge on any atom is -0.479 e. The third-order valence-electron chi connectivity index (χ3n) is 3.27. The third kappa shape index (κ3) is 2.76. The number of aliphatic hydroxyl groups is 1. The molecule has 0 atom stereocenters. The molecule has 1 saturated heterocycles. The van der Waals surface area contributed by atoms with Crippen LogP contribution >= 0.6 is 11.8 Å². The molecule has 1 amide bonds. The highest BCUT2D eigenvalue weighted by molar-refractivity contribution is 7.98. The van der Waals surface area contributed by atoms with Crippen molar-refractivity contribution < 1.29 is 24.2 Å². The number of thioether (sulfide) groups is 1. The van der Waals surface area contributed by atoms with Crippen molar-refractivity contribution in [2.75, 3.05) is 19.3 Å². The third-order valence-corrected chi connectivity index (χ3v) is 3.89. The van der Waals surface area contributed by atoms with E-state index in [0.717, 1.165) is 0 Å². The van der Waals surface area contributed by atoms with Gasteiger partial charge in [-0.1, -0.05) is 11.8 Å². The Morgan fingerprint density at radius 1 is 1.37 bits per heavy atom. The Morgan fingerprint density at radius 2 is 2.00 bits per heavy atom. The Bertz CT molecular complexity index is 490. The molecule has 2 heterocycles. The topological polar surface area (TPSA) is 91.0 Å². The van der Waals surface area contributed by atoms with Gasteiger partial charge in [0.1, 0.15) is 0 Å². The minimum atomic E-state index is -1.72. The van der Waals surface area contributed by atoms with Crippen molar-refractivity contribution >= 4 is 23.6 Å². The molecule has 2 N–H and O–H groups in total. The number of likely N-dealkylation sites (tertiary alicyclic amines) is 1. The minimum absolute atomic E-state index is 0.0319. The molecule has 0 saturated carbocycles. The fourth-order valence-electron chi connectivity index (χ4n) is 1.99. The number of furan rings is 1. The van der Waals surface area contributed by atoms with E-state index in [0.29, 0.717) is 5.09 Å². The van der Waals surface area contributed by atoms with E-state index < -0.39 is 11.6 Å². The molecular weight excluding hydrogens is 270 g/mol. The van der Waals surface area contributed by atoms with Crippen molar-refractivity contribution in [2.24, 2.45) is 0 Å². The Labute approximate surface area is 114 Å². The number of carboxylic acids is 1. The highest BCUT2D eigenvalue weighted by Gasteiger charge is 2.40. The first-order valence-corrected chi connectivity index (χ1v) is 7.07. The summed E-state index contributed by atoms with van der Waals surface area (Å²) in [6.07, 6.45) is 1.91. The summed E-state index contributed by atoms with van der Waals surface area (Å²) in [6.45, 7) is 0.411. The second-order valence-electron chi connectivity index (χ2n) is 4.45. The lowest BCUT2D eigenvalue weighted by Crippen LogP contribution is -2.50. The van der Waals surface area contributed by atoms with Crippen LogP contribution in [0, 0.1) is 0 Å². The van der Waals surface area contributed by atoms with Gasteiger partial charge in [0, 0.05) is 25.9 Å². The molecule has 104 valence electrons. The molecule has 1 aromatic heterocycles. The van der Waals surface area contributed by atoms with Crippen molar-refractivity contribution in [3.63, 3.8) is 0 Å². The van der Waals surface area contributed by atoms with Gasteiger partial charge in [0.25, 0.3) is 5.91 Å². The Balaban J connectivity index is 2.01. The predicted octanol–water partition coefficient (Wildman–Crippen LogP) is 1.05. The average Bonchev–Trinajstić information content (AvgIpc) is 2.87. The Morgan fingerprint density at radius 3 is 2.47 bits per heavy atom. The lowest BCUT2D eigenvalue weighted by Gasteiger charge is -2.34. The van der Waals surface area contributed by atoms with Crippen LogP contribution in [0.3, 0.4) is 0 Å². The van der Waals surface area contributed by atoms with E-state index >= 15 is 0 Å². The molecule has 0 unspecified atom stereocenters. The van der Waals surface area contributed by atoms with Gasteiger partial charge in [-0.25, -0.2) is 4.79 Å². The van der Waals surface area contributed by atoms with Gasteiger partial charge in [-0.2, -0.15) is 0 Å². The van der Waals surface area contributed by atoms with Crippen LogP contribution in [-0.4, -0.2) is 51.9 Å². The van der Waals surface area contributed by atoms with Crippen LogP contribution in [0.4, 0.5) is 0 Å². The molecule has 1 aliphatic heterocycles. The second-order valence-corrected chi connectivity index (χ2v) is 5.26. The first kappa shape index (κ1) is 14.0. The number of rotatable bonds is 3. The summed E-state index contributed by atoms with van der Waals surface area (Å²) in [5.41, 5.74) is -1.72. The van der Waals surface area contributed by atoms with Gasteiger partial charge >= 0.3 is 5.97 Å². The number of carbonyl (C=O) groups is 2. The first-order chi connectivity index (χ1) is 8.96. The normalized spacial score (nSPS) is 18.3. The van der Waals surface area contributed by atoms with Crippen LogP contribution in [0.5, 0.6) is 0 Å². The Hall–Kier alpha value is -1.47. The summed E-state index contributed by atoms with van der Waals surface area (Å²) in [4.78, 5) is 24.5. The highest BCUT2D eigenvalue weighted by atomic mass is 32.2. The number of carboxylic acid groups (broad SMARTS) is 1. The molecule has 0 bridgehead atoms. The lowest BCUT2D eigenvalue weighted by atomic mass is 9.91. The summed E-state index contributed by atoms with van der Waals surface area (Å²) in [5, 5.41) is 19.4. The van der Waals surface area contributed by atoms with Gasteiger partial charge < -0.3 is 19.5 Å². The van der Waals surface area contributed by atoms with Crippen molar-refractivity contribution in [3.8, 4) is 0 Å². The molecule has 0 spiro atoms. The Kier molecular flexibility index (Phi) is 3.86. The zero-order valence-electron chi connectivity index (χ0n) is 10.5. The van der Waals surface area contributed by atoms with Crippen LogP contribution < -0.4 is 0 Å². The molecule has 0 aliphatic carbocycles. The maximum Gasteiger partial charge on any atom is 0.335 e. The molecule has 1 fully saturated rings. The zero-order valence-corrected chi connectivity index (χ0v) is 11.3. The van der Waals surface area contributed by atoms with E-state index in [2.05, 4.69) is 0 Å². The van der Waals surface area contributed by atoms with Crippen LogP contribution in [0.15, 0.2) is 21.6 Å². The van der Waals surface area contributed by atoms with Crippen LogP contribution in [0.25, 0.3) is 0 Å². The van der Waals surface area contributed by atoms with Gasteiger partial charge in [0.15, 0.2) is 16.5 Å². The van der Waals surface area contributed by atoms with Crippen LogP contribution in [0.2, 0.25) is 0 Å². The van der Waals surface area contributed by atoms with E-state index in [1.165, 1.54) is 16.7 Å². The molecule has 2 rings (SSSR count). The maximum atomic E-state index is 12.1. The van der Waals surface area contributed by atoms with Crippen molar-refractivity contribution in [2.45, 2.75) is 23.5 Å². The lowest BCUT2D eigenvalue weighted by molar-refractivity contribution is -0.162. The molecule has 0 radical (unpaired) electrons. The predicted molar refractivity (Wildman–Crippen MR) is 68.2 cm³/mol. The molecule has 6 nitrogen and oxygen atoms in total. The molecule has 19 heavy (non-hydrogen) atoms. The summed E-state index contributed by atoms with van der Waals surface area (Å²) < 4.78 is 5.34. The van der Waals surface area contributed by atoms with E-state index in [-0.39, 0.29) is 37.6 Å². The summed E-state index contributed by atoms with van der Waals surface area (Å²) in [6, 6.07) is 3.32. The number of piperidine rings is 1. The number of hydrogen-bond donors (Lipinski definition) is 2. The van der Waals surface area contributed by atoms with E-state index in [1.807, 2.05) is 6.26 Å². The van der Waals surface area contributed by atoms with Gasteiger partial charge in [0.2, 0.25) is 0 Å². The maximum absolute atomic E-state index is 12.1. The smallest absolute Gasteiger partial charge is 0.335 e.